The van der Waals surface area contributed by atoms with Crippen molar-refractivity contribution in [2.24, 2.45) is 5.73 Å². The molecule has 0 saturated carbocycles. The maximum atomic E-state index is 8.80. The predicted octanol–water partition coefficient (Wildman–Crippen LogP) is 0.887. The lowest BCUT2D eigenvalue weighted by atomic mass is 10.2. The average molecular weight is 187 g/mol. The van der Waals surface area contributed by atoms with E-state index in [1.165, 1.54) is 11.3 Å². The number of rotatable bonds is 4. The van der Waals surface area contributed by atoms with Crippen molar-refractivity contribution >= 4 is 11.3 Å². The molecule has 1 aromatic heterocycles. The molecule has 0 spiro atoms. The molecule has 3 nitrogen and oxygen atoms in total. The number of hydrogen-bond donors (Lipinski definition) is 2. The molecule has 1 aromatic rings. The molecule has 0 bridgehead atoms. The molecule has 0 saturated heterocycles. The smallest absolute Gasteiger partial charge is 0.0774 e. The molecular weight excluding hydrogens is 174 g/mol. The summed E-state index contributed by atoms with van der Waals surface area (Å²) in [7, 11) is 1.62. The zero-order chi connectivity index (χ0) is 8.97. The van der Waals surface area contributed by atoms with E-state index >= 15 is 0 Å². The van der Waals surface area contributed by atoms with Crippen LogP contribution in [0.2, 0.25) is 0 Å². The summed E-state index contributed by atoms with van der Waals surface area (Å²) >= 11 is 1.52. The highest BCUT2D eigenvalue weighted by Crippen LogP contribution is 2.19. The van der Waals surface area contributed by atoms with Crippen LogP contribution in [-0.4, -0.2) is 18.8 Å². The monoisotopic (exact) mass is 187 g/mol. The fraction of sp³-hybridized carbons (Fsp3) is 0.500. The Morgan fingerprint density at radius 3 is 3.00 bits per heavy atom. The third-order valence-electron chi connectivity index (χ3n) is 1.60. The van der Waals surface area contributed by atoms with Crippen LogP contribution in [-0.2, 0) is 11.3 Å². The molecule has 1 heterocycles. The highest BCUT2D eigenvalue weighted by atomic mass is 32.1. The van der Waals surface area contributed by atoms with Gasteiger partial charge in [0, 0.05) is 12.0 Å². The molecule has 0 radical (unpaired) electrons. The summed E-state index contributed by atoms with van der Waals surface area (Å²) in [4.78, 5) is 0.941. The van der Waals surface area contributed by atoms with Crippen LogP contribution in [0, 0.1) is 0 Å². The zero-order valence-electron chi connectivity index (χ0n) is 6.99. The van der Waals surface area contributed by atoms with Gasteiger partial charge in [0.2, 0.25) is 0 Å². The van der Waals surface area contributed by atoms with Gasteiger partial charge in [-0.15, -0.1) is 11.3 Å². The third kappa shape index (κ3) is 2.28. The quantitative estimate of drug-likeness (QED) is 0.736. The first kappa shape index (κ1) is 9.67. The van der Waals surface area contributed by atoms with Crippen molar-refractivity contribution in [3.63, 3.8) is 0 Å². The van der Waals surface area contributed by atoms with Crippen molar-refractivity contribution in [2.45, 2.75) is 12.6 Å². The van der Waals surface area contributed by atoms with Gasteiger partial charge in [0.15, 0.2) is 0 Å². The van der Waals surface area contributed by atoms with Crippen molar-refractivity contribution in [3.8, 4) is 0 Å². The summed E-state index contributed by atoms with van der Waals surface area (Å²) in [6.07, 6.45) is 0. The Morgan fingerprint density at radius 2 is 2.50 bits per heavy atom. The third-order valence-corrected chi connectivity index (χ3v) is 2.54. The second kappa shape index (κ2) is 4.57. The molecule has 0 unspecified atom stereocenters. The van der Waals surface area contributed by atoms with Gasteiger partial charge < -0.3 is 15.6 Å². The topological polar surface area (TPSA) is 55.5 Å². The van der Waals surface area contributed by atoms with Crippen LogP contribution in [0.1, 0.15) is 16.5 Å². The predicted molar refractivity (Wildman–Crippen MR) is 49.0 cm³/mol. The second-order valence-electron chi connectivity index (χ2n) is 2.57. The second-order valence-corrected chi connectivity index (χ2v) is 3.56. The molecule has 68 valence electrons. The van der Waals surface area contributed by atoms with Crippen molar-refractivity contribution in [3.05, 3.63) is 21.9 Å². The lowest BCUT2D eigenvalue weighted by Gasteiger charge is -2.06. The molecule has 1 rings (SSSR count). The van der Waals surface area contributed by atoms with Gasteiger partial charge in [0.05, 0.1) is 19.3 Å². The number of ether oxygens (including phenoxy) is 1. The van der Waals surface area contributed by atoms with E-state index in [0.29, 0.717) is 6.61 Å². The molecule has 12 heavy (non-hydrogen) atoms. The lowest BCUT2D eigenvalue weighted by molar-refractivity contribution is 0.181. The van der Waals surface area contributed by atoms with E-state index in [1.54, 1.807) is 7.11 Å². The minimum Gasteiger partial charge on any atom is -0.391 e. The minimum atomic E-state index is -0.0773. The summed E-state index contributed by atoms with van der Waals surface area (Å²) in [6.45, 7) is 0.603. The van der Waals surface area contributed by atoms with E-state index in [4.69, 9.17) is 15.6 Å². The SMILES string of the molecule is COC[C@H](N)c1csc(CO)c1. The molecule has 0 amide bonds. The number of aliphatic hydroxyl groups is 1. The largest absolute Gasteiger partial charge is 0.391 e. The maximum absolute atomic E-state index is 8.80. The standard InChI is InChI=1S/C8H13NO2S/c1-11-4-8(9)6-2-7(3-10)12-5-6/h2,5,8,10H,3-4,9H2,1H3/t8-/m0/s1. The number of aliphatic hydroxyl groups excluding tert-OH is 1. The van der Waals surface area contributed by atoms with Crippen LogP contribution in [0.5, 0.6) is 0 Å². The van der Waals surface area contributed by atoms with Crippen LogP contribution in [0.4, 0.5) is 0 Å². The molecule has 0 aromatic carbocycles. The molecule has 4 heteroatoms. The van der Waals surface area contributed by atoms with E-state index in [9.17, 15) is 0 Å². The van der Waals surface area contributed by atoms with Gasteiger partial charge in [-0.3, -0.25) is 0 Å². The highest BCUT2D eigenvalue weighted by molar-refractivity contribution is 7.10. The summed E-state index contributed by atoms with van der Waals surface area (Å²) in [5.74, 6) is 0. The molecular formula is C8H13NO2S. The zero-order valence-corrected chi connectivity index (χ0v) is 7.80. The van der Waals surface area contributed by atoms with Gasteiger partial charge in [-0.05, 0) is 17.0 Å². The first-order valence-electron chi connectivity index (χ1n) is 3.70. The number of methoxy groups -OCH3 is 1. The Labute approximate surface area is 75.8 Å². The molecule has 1 atom stereocenters. The van der Waals surface area contributed by atoms with E-state index in [0.717, 1.165) is 10.4 Å². The summed E-state index contributed by atoms with van der Waals surface area (Å²) in [5.41, 5.74) is 6.81. The molecule has 0 aliphatic rings. The Bertz CT molecular complexity index is 237. The normalized spacial score (nSPS) is 13.2. The van der Waals surface area contributed by atoms with Crippen molar-refractivity contribution in [1.82, 2.24) is 0 Å². The Hall–Kier alpha value is -0.420. The Balaban J connectivity index is 2.61. The average Bonchev–Trinajstić information content (AvgIpc) is 2.52. The Kier molecular flexibility index (Phi) is 3.68. The molecule has 3 N–H and O–H groups in total. The van der Waals surface area contributed by atoms with Gasteiger partial charge in [0.25, 0.3) is 0 Å². The van der Waals surface area contributed by atoms with Gasteiger partial charge in [-0.25, -0.2) is 0 Å². The van der Waals surface area contributed by atoms with Gasteiger partial charge in [0.1, 0.15) is 0 Å². The van der Waals surface area contributed by atoms with E-state index in [2.05, 4.69) is 0 Å². The summed E-state index contributed by atoms with van der Waals surface area (Å²) in [6, 6.07) is 1.83. The van der Waals surface area contributed by atoms with Crippen LogP contribution in [0.3, 0.4) is 0 Å². The maximum Gasteiger partial charge on any atom is 0.0774 e. The number of thiophene rings is 1. The number of nitrogens with two attached hydrogens (primary N) is 1. The van der Waals surface area contributed by atoms with Crippen molar-refractivity contribution in [2.75, 3.05) is 13.7 Å². The first-order valence-corrected chi connectivity index (χ1v) is 4.58. The van der Waals surface area contributed by atoms with Crippen LogP contribution in [0.25, 0.3) is 0 Å². The van der Waals surface area contributed by atoms with Gasteiger partial charge in [-0.1, -0.05) is 0 Å². The van der Waals surface area contributed by atoms with Gasteiger partial charge >= 0.3 is 0 Å². The minimum absolute atomic E-state index is 0.0773. The Morgan fingerprint density at radius 1 is 1.75 bits per heavy atom. The van der Waals surface area contributed by atoms with E-state index < -0.39 is 0 Å². The van der Waals surface area contributed by atoms with Gasteiger partial charge in [-0.2, -0.15) is 0 Å². The first-order chi connectivity index (χ1) is 5.77. The van der Waals surface area contributed by atoms with E-state index in [-0.39, 0.29) is 12.6 Å². The fourth-order valence-electron chi connectivity index (χ4n) is 0.951. The summed E-state index contributed by atoms with van der Waals surface area (Å²) in [5, 5.41) is 10.8. The van der Waals surface area contributed by atoms with Crippen LogP contribution >= 0.6 is 11.3 Å². The fourth-order valence-corrected chi connectivity index (χ4v) is 1.76. The lowest BCUT2D eigenvalue weighted by Crippen LogP contribution is -2.15. The van der Waals surface area contributed by atoms with Crippen molar-refractivity contribution < 1.29 is 9.84 Å². The molecule has 0 fully saturated rings. The number of hydrogen-bond acceptors (Lipinski definition) is 4. The van der Waals surface area contributed by atoms with Crippen molar-refractivity contribution in [1.29, 1.82) is 0 Å². The molecule has 0 aliphatic heterocycles. The van der Waals surface area contributed by atoms with Crippen LogP contribution < -0.4 is 5.73 Å². The summed E-state index contributed by atoms with van der Waals surface area (Å²) < 4.78 is 4.92. The van der Waals surface area contributed by atoms with Crippen LogP contribution in [0.15, 0.2) is 11.4 Å². The molecule has 0 aliphatic carbocycles. The van der Waals surface area contributed by atoms with E-state index in [1.807, 2.05) is 11.4 Å². The highest BCUT2D eigenvalue weighted by Gasteiger charge is 2.07.